The first kappa shape index (κ1) is 11.4. The van der Waals surface area contributed by atoms with Crippen molar-refractivity contribution in [2.75, 3.05) is 0 Å². The molecule has 0 aliphatic heterocycles. The Morgan fingerprint density at radius 1 is 1.64 bits per heavy atom. The van der Waals surface area contributed by atoms with Crippen molar-refractivity contribution in [2.45, 2.75) is 13.0 Å². The number of alkyl halides is 2. The number of pyridine rings is 1. The van der Waals surface area contributed by atoms with Crippen LogP contribution in [0.2, 0.25) is 0 Å². The monoisotopic (exact) mass is 312 g/mol. The van der Waals surface area contributed by atoms with Gasteiger partial charge < -0.3 is 5.73 Å². The number of hydrogen-bond donors (Lipinski definition) is 1. The molecule has 3 nitrogen and oxygen atoms in total. The van der Waals surface area contributed by atoms with E-state index in [-0.39, 0.29) is 23.5 Å². The number of hydrogen-bond acceptors (Lipinski definition) is 3. The zero-order chi connectivity index (χ0) is 10.7. The first-order valence-electron chi connectivity index (χ1n) is 3.72. The van der Waals surface area contributed by atoms with Gasteiger partial charge in [-0.15, -0.1) is 0 Å². The van der Waals surface area contributed by atoms with Crippen molar-refractivity contribution in [2.24, 2.45) is 5.73 Å². The Morgan fingerprint density at radius 3 is 2.71 bits per heavy atom. The van der Waals surface area contributed by atoms with Crippen molar-refractivity contribution < 1.29 is 13.6 Å². The third-order valence-electron chi connectivity index (χ3n) is 1.64. The molecular formula is C8H7F2IN2O. The van der Waals surface area contributed by atoms with E-state index in [0.717, 1.165) is 0 Å². The second-order valence-electron chi connectivity index (χ2n) is 2.51. The summed E-state index contributed by atoms with van der Waals surface area (Å²) in [6, 6.07) is 1.19. The van der Waals surface area contributed by atoms with Crippen molar-refractivity contribution >= 4 is 28.9 Å². The molecule has 0 unspecified atom stereocenters. The van der Waals surface area contributed by atoms with Crippen LogP contribution in [0.15, 0.2) is 6.07 Å². The highest BCUT2D eigenvalue weighted by Gasteiger charge is 2.14. The minimum absolute atomic E-state index is 0.0232. The van der Waals surface area contributed by atoms with E-state index >= 15 is 0 Å². The van der Waals surface area contributed by atoms with E-state index in [1.165, 1.54) is 6.07 Å². The molecule has 0 aliphatic carbocycles. The SMILES string of the molecule is NCc1nc(C(F)F)cc(I)c1C=O. The third-order valence-corrected chi connectivity index (χ3v) is 2.53. The number of carbonyl (C=O) groups excluding carboxylic acids is 1. The van der Waals surface area contributed by atoms with Crippen LogP contribution in [0.3, 0.4) is 0 Å². The summed E-state index contributed by atoms with van der Waals surface area (Å²) in [5, 5.41) is 0. The molecule has 0 atom stereocenters. The molecule has 0 aliphatic rings. The largest absolute Gasteiger partial charge is 0.325 e. The molecule has 0 saturated heterocycles. The molecule has 1 aromatic heterocycles. The Balaban J connectivity index is 3.31. The molecule has 2 N–H and O–H groups in total. The molecule has 6 heteroatoms. The Bertz CT molecular complexity index is 357. The molecule has 0 aromatic carbocycles. The van der Waals surface area contributed by atoms with Gasteiger partial charge in [-0.1, -0.05) is 0 Å². The maximum atomic E-state index is 12.3. The van der Waals surface area contributed by atoms with Crippen molar-refractivity contribution in [1.82, 2.24) is 4.98 Å². The lowest BCUT2D eigenvalue weighted by Crippen LogP contribution is -2.08. The third kappa shape index (κ3) is 2.24. The number of carbonyl (C=O) groups is 1. The van der Waals surface area contributed by atoms with Crippen LogP contribution in [-0.4, -0.2) is 11.3 Å². The number of halogens is 3. The smallest absolute Gasteiger partial charge is 0.280 e. The van der Waals surface area contributed by atoms with Crippen LogP contribution in [0.5, 0.6) is 0 Å². The maximum Gasteiger partial charge on any atom is 0.280 e. The van der Waals surface area contributed by atoms with Crippen molar-refractivity contribution in [1.29, 1.82) is 0 Å². The average molecular weight is 312 g/mol. The second kappa shape index (κ2) is 4.74. The van der Waals surface area contributed by atoms with E-state index in [1.807, 2.05) is 22.6 Å². The van der Waals surface area contributed by atoms with Gasteiger partial charge in [0.15, 0.2) is 6.29 Å². The fraction of sp³-hybridized carbons (Fsp3) is 0.250. The van der Waals surface area contributed by atoms with Crippen LogP contribution in [0, 0.1) is 3.57 Å². The van der Waals surface area contributed by atoms with Gasteiger partial charge in [0, 0.05) is 10.1 Å². The van der Waals surface area contributed by atoms with E-state index in [2.05, 4.69) is 4.98 Å². The molecule has 0 spiro atoms. The van der Waals surface area contributed by atoms with Crippen LogP contribution in [0.4, 0.5) is 8.78 Å². The van der Waals surface area contributed by atoms with E-state index < -0.39 is 6.43 Å². The van der Waals surface area contributed by atoms with Crippen molar-refractivity contribution in [3.63, 3.8) is 0 Å². The molecular weight excluding hydrogens is 305 g/mol. The number of aldehydes is 1. The summed E-state index contributed by atoms with van der Waals surface area (Å²) >= 11 is 1.81. The predicted molar refractivity (Wildman–Crippen MR) is 55.2 cm³/mol. The number of rotatable bonds is 3. The van der Waals surface area contributed by atoms with Gasteiger partial charge in [-0.05, 0) is 28.7 Å². The van der Waals surface area contributed by atoms with Gasteiger partial charge >= 0.3 is 0 Å². The maximum absolute atomic E-state index is 12.3. The summed E-state index contributed by atoms with van der Waals surface area (Å²) in [6.45, 7) is -0.0232. The Labute approximate surface area is 92.8 Å². The quantitative estimate of drug-likeness (QED) is 0.685. The zero-order valence-electron chi connectivity index (χ0n) is 7.01. The standard InChI is InChI=1S/C8H7F2IN2O/c9-8(10)6-1-5(11)4(3-14)7(2-12)13-6/h1,3,8H,2,12H2. The minimum atomic E-state index is -2.64. The minimum Gasteiger partial charge on any atom is -0.325 e. The zero-order valence-corrected chi connectivity index (χ0v) is 9.16. The highest BCUT2D eigenvalue weighted by Crippen LogP contribution is 2.22. The van der Waals surface area contributed by atoms with Gasteiger partial charge in [0.25, 0.3) is 6.43 Å². The van der Waals surface area contributed by atoms with E-state index in [4.69, 9.17) is 5.73 Å². The first-order valence-corrected chi connectivity index (χ1v) is 4.80. The summed E-state index contributed by atoms with van der Waals surface area (Å²) in [5.41, 5.74) is 5.45. The molecule has 0 fully saturated rings. The molecule has 1 rings (SSSR count). The summed E-state index contributed by atoms with van der Waals surface area (Å²) in [4.78, 5) is 14.2. The summed E-state index contributed by atoms with van der Waals surface area (Å²) in [5.74, 6) is 0. The summed E-state index contributed by atoms with van der Waals surface area (Å²) in [7, 11) is 0. The fourth-order valence-corrected chi connectivity index (χ4v) is 1.74. The van der Waals surface area contributed by atoms with Gasteiger partial charge in [0.2, 0.25) is 0 Å². The Kier molecular flexibility index (Phi) is 3.87. The lowest BCUT2D eigenvalue weighted by Gasteiger charge is -2.06. The lowest BCUT2D eigenvalue weighted by molar-refractivity contribution is 0.111. The van der Waals surface area contributed by atoms with Gasteiger partial charge in [0.1, 0.15) is 5.69 Å². The van der Waals surface area contributed by atoms with Crippen LogP contribution in [0.25, 0.3) is 0 Å². The highest BCUT2D eigenvalue weighted by molar-refractivity contribution is 14.1. The summed E-state index contributed by atoms with van der Waals surface area (Å²) in [6.07, 6.45) is -2.07. The summed E-state index contributed by atoms with van der Waals surface area (Å²) < 4.78 is 25.1. The molecule has 0 radical (unpaired) electrons. The van der Waals surface area contributed by atoms with Crippen LogP contribution >= 0.6 is 22.6 Å². The topological polar surface area (TPSA) is 56.0 Å². The number of nitrogens with zero attached hydrogens (tertiary/aromatic N) is 1. The molecule has 0 amide bonds. The Hall–Kier alpha value is -0.630. The lowest BCUT2D eigenvalue weighted by atomic mass is 10.2. The van der Waals surface area contributed by atoms with Crippen LogP contribution in [0.1, 0.15) is 28.2 Å². The van der Waals surface area contributed by atoms with Gasteiger partial charge in [-0.25, -0.2) is 13.8 Å². The number of nitrogens with two attached hydrogens (primary N) is 1. The first-order chi connectivity index (χ1) is 6.60. The molecule has 1 aromatic rings. The molecule has 0 saturated carbocycles. The molecule has 76 valence electrons. The number of aromatic nitrogens is 1. The van der Waals surface area contributed by atoms with E-state index in [0.29, 0.717) is 9.86 Å². The molecule has 1 heterocycles. The Morgan fingerprint density at radius 2 is 2.29 bits per heavy atom. The van der Waals surface area contributed by atoms with E-state index in [9.17, 15) is 13.6 Å². The van der Waals surface area contributed by atoms with Crippen molar-refractivity contribution in [3.8, 4) is 0 Å². The van der Waals surface area contributed by atoms with Crippen LogP contribution < -0.4 is 5.73 Å². The van der Waals surface area contributed by atoms with E-state index in [1.54, 1.807) is 0 Å². The predicted octanol–water partition coefficient (Wildman–Crippen LogP) is 1.89. The molecule has 14 heavy (non-hydrogen) atoms. The van der Waals surface area contributed by atoms with Gasteiger partial charge in [-0.2, -0.15) is 0 Å². The second-order valence-corrected chi connectivity index (χ2v) is 3.67. The molecule has 0 bridgehead atoms. The van der Waals surface area contributed by atoms with Crippen LogP contribution in [-0.2, 0) is 6.54 Å². The van der Waals surface area contributed by atoms with Crippen molar-refractivity contribution in [3.05, 3.63) is 26.6 Å². The normalized spacial score (nSPS) is 10.6. The fourth-order valence-electron chi connectivity index (χ4n) is 0.985. The average Bonchev–Trinajstić information content (AvgIpc) is 2.16. The van der Waals surface area contributed by atoms with Gasteiger partial charge in [-0.3, -0.25) is 4.79 Å². The van der Waals surface area contributed by atoms with Gasteiger partial charge in [0.05, 0.1) is 11.3 Å². The highest BCUT2D eigenvalue weighted by atomic mass is 127.